The molecular formula is C17H36OSi. The van der Waals surface area contributed by atoms with Gasteiger partial charge in [0.2, 0.25) is 0 Å². The summed E-state index contributed by atoms with van der Waals surface area (Å²) >= 11 is 0. The molecule has 0 bridgehead atoms. The zero-order valence-electron chi connectivity index (χ0n) is 13.3. The largest absolute Gasteiger partial charge is 0.382 e. The van der Waals surface area contributed by atoms with E-state index < -0.39 is 0 Å². The third-order valence-corrected chi connectivity index (χ3v) is 6.60. The van der Waals surface area contributed by atoms with Crippen LogP contribution in [0, 0.1) is 0 Å². The normalized spacial score (nSPS) is 20.4. The quantitative estimate of drug-likeness (QED) is 0.361. The Morgan fingerprint density at radius 2 is 1.47 bits per heavy atom. The second-order valence-corrected chi connectivity index (χ2v) is 8.51. The van der Waals surface area contributed by atoms with Crippen molar-refractivity contribution in [3.05, 3.63) is 0 Å². The van der Waals surface area contributed by atoms with Gasteiger partial charge in [-0.2, -0.15) is 0 Å². The summed E-state index contributed by atoms with van der Waals surface area (Å²) in [7, 11) is 0.0898. The van der Waals surface area contributed by atoms with E-state index in [-0.39, 0.29) is 9.52 Å². The molecule has 0 saturated carbocycles. The maximum absolute atomic E-state index is 5.83. The van der Waals surface area contributed by atoms with Crippen molar-refractivity contribution in [1.82, 2.24) is 0 Å². The van der Waals surface area contributed by atoms with Crippen LogP contribution in [0.1, 0.15) is 90.4 Å². The van der Waals surface area contributed by atoms with Gasteiger partial charge in [-0.3, -0.25) is 0 Å². The van der Waals surface area contributed by atoms with E-state index in [9.17, 15) is 0 Å². The Labute approximate surface area is 123 Å². The molecule has 1 unspecified atom stereocenters. The van der Waals surface area contributed by atoms with Crippen molar-refractivity contribution >= 4 is 9.52 Å². The van der Waals surface area contributed by atoms with Crippen LogP contribution in [0.3, 0.4) is 0 Å². The smallest absolute Gasteiger partial charge is 0.0555 e. The van der Waals surface area contributed by atoms with Crippen LogP contribution < -0.4 is 0 Å². The fourth-order valence-electron chi connectivity index (χ4n) is 3.07. The average Bonchev–Trinajstić information content (AvgIpc) is 2.46. The number of ether oxygens (including phenoxy) is 1. The molecule has 0 aromatic carbocycles. The van der Waals surface area contributed by atoms with Crippen molar-refractivity contribution in [2.24, 2.45) is 0 Å². The Hall–Kier alpha value is 0.177. The Morgan fingerprint density at radius 1 is 0.842 bits per heavy atom. The van der Waals surface area contributed by atoms with Gasteiger partial charge >= 0.3 is 0 Å². The van der Waals surface area contributed by atoms with Crippen LogP contribution in [0.25, 0.3) is 0 Å². The summed E-state index contributed by atoms with van der Waals surface area (Å²) in [6, 6.07) is 1.53. The Bertz CT molecular complexity index is 178. The van der Waals surface area contributed by atoms with E-state index in [1.807, 2.05) is 0 Å². The molecule has 0 aromatic rings. The summed E-state index contributed by atoms with van der Waals surface area (Å²) in [5.74, 6) is 0. The number of hydrogen-bond donors (Lipinski definition) is 0. The van der Waals surface area contributed by atoms with Crippen molar-refractivity contribution in [2.75, 3.05) is 6.61 Å². The molecule has 1 fully saturated rings. The van der Waals surface area contributed by atoms with Crippen molar-refractivity contribution < 1.29 is 4.74 Å². The van der Waals surface area contributed by atoms with Crippen LogP contribution in [0.5, 0.6) is 0 Å². The first-order valence-corrected chi connectivity index (χ1v) is 10.9. The van der Waals surface area contributed by atoms with Gasteiger partial charge in [-0.25, -0.2) is 0 Å². The first-order valence-electron chi connectivity index (χ1n) is 9.05. The van der Waals surface area contributed by atoms with Gasteiger partial charge < -0.3 is 4.74 Å². The molecule has 0 aliphatic carbocycles. The number of hydrogen-bond acceptors (Lipinski definition) is 1. The lowest BCUT2D eigenvalue weighted by atomic mass is 10.1. The lowest BCUT2D eigenvalue weighted by molar-refractivity contribution is 0.0649. The van der Waals surface area contributed by atoms with Gasteiger partial charge in [0.05, 0.1) is 9.52 Å². The van der Waals surface area contributed by atoms with Crippen LogP contribution in [0.2, 0.25) is 6.04 Å². The molecule has 1 nitrogen and oxygen atoms in total. The van der Waals surface area contributed by atoms with E-state index in [0.717, 1.165) is 12.3 Å². The molecule has 0 aromatic heterocycles. The van der Waals surface area contributed by atoms with Gasteiger partial charge in [0.15, 0.2) is 0 Å². The maximum atomic E-state index is 5.83. The van der Waals surface area contributed by atoms with Crippen molar-refractivity contribution in [1.29, 1.82) is 0 Å². The van der Waals surface area contributed by atoms with Crippen molar-refractivity contribution in [3.63, 3.8) is 0 Å². The fourth-order valence-corrected chi connectivity index (χ4v) is 5.08. The third-order valence-electron chi connectivity index (χ3n) is 4.40. The summed E-state index contributed by atoms with van der Waals surface area (Å²) in [4.78, 5) is 0. The Balaban J connectivity index is 1.71. The predicted octanol–water partition coefficient (Wildman–Crippen LogP) is 5.02. The molecule has 0 spiro atoms. The molecule has 1 saturated heterocycles. The van der Waals surface area contributed by atoms with Crippen LogP contribution in [-0.4, -0.2) is 21.9 Å². The molecule has 114 valence electrons. The SMILES string of the molecule is CCCCCCCCCCCC[SiH2]C1CCCCO1. The second-order valence-electron chi connectivity index (χ2n) is 6.31. The van der Waals surface area contributed by atoms with Crippen molar-refractivity contribution in [3.8, 4) is 0 Å². The van der Waals surface area contributed by atoms with Gasteiger partial charge in [0, 0.05) is 12.3 Å². The molecular weight excluding hydrogens is 248 g/mol. The monoisotopic (exact) mass is 284 g/mol. The van der Waals surface area contributed by atoms with Crippen LogP contribution in [0.4, 0.5) is 0 Å². The van der Waals surface area contributed by atoms with E-state index in [4.69, 9.17) is 4.74 Å². The molecule has 0 amide bonds. The minimum absolute atomic E-state index is 0.0898. The fraction of sp³-hybridized carbons (Fsp3) is 1.00. The van der Waals surface area contributed by atoms with Gasteiger partial charge in [-0.1, -0.05) is 77.2 Å². The second kappa shape index (κ2) is 13.2. The average molecular weight is 285 g/mol. The number of rotatable bonds is 12. The van der Waals surface area contributed by atoms with E-state index in [1.54, 1.807) is 0 Å². The van der Waals surface area contributed by atoms with Gasteiger partial charge in [0.25, 0.3) is 0 Å². The van der Waals surface area contributed by atoms with Crippen LogP contribution in [0.15, 0.2) is 0 Å². The topological polar surface area (TPSA) is 9.23 Å². The highest BCUT2D eigenvalue weighted by Crippen LogP contribution is 2.15. The first kappa shape index (κ1) is 17.2. The first-order chi connectivity index (χ1) is 9.43. The van der Waals surface area contributed by atoms with Gasteiger partial charge in [-0.05, 0) is 19.3 Å². The summed E-state index contributed by atoms with van der Waals surface area (Å²) in [6.07, 6.45) is 18.7. The minimum atomic E-state index is 0.0898. The maximum Gasteiger partial charge on any atom is 0.0555 e. The molecule has 0 radical (unpaired) electrons. The Morgan fingerprint density at radius 3 is 2.05 bits per heavy atom. The van der Waals surface area contributed by atoms with Gasteiger partial charge in [-0.15, -0.1) is 0 Å². The summed E-state index contributed by atoms with van der Waals surface area (Å²) in [5, 5.41) is 0. The van der Waals surface area contributed by atoms with E-state index >= 15 is 0 Å². The molecule has 0 N–H and O–H groups in total. The zero-order valence-corrected chi connectivity index (χ0v) is 14.7. The van der Waals surface area contributed by atoms with Gasteiger partial charge in [0.1, 0.15) is 0 Å². The molecule has 1 aliphatic heterocycles. The summed E-state index contributed by atoms with van der Waals surface area (Å²) < 4.78 is 5.83. The standard InChI is InChI=1S/C17H36OSi/c1-2-3-4-5-6-7-8-9-10-13-16-19-17-14-11-12-15-18-17/h17H,2-16,19H2,1H3. The summed E-state index contributed by atoms with van der Waals surface area (Å²) in [6.45, 7) is 3.34. The van der Waals surface area contributed by atoms with E-state index in [0.29, 0.717) is 0 Å². The zero-order chi connectivity index (χ0) is 13.6. The highest BCUT2D eigenvalue weighted by Gasteiger charge is 2.12. The molecule has 2 heteroatoms. The third kappa shape index (κ3) is 10.6. The van der Waals surface area contributed by atoms with Crippen LogP contribution >= 0.6 is 0 Å². The minimum Gasteiger partial charge on any atom is -0.382 e. The Kier molecular flexibility index (Phi) is 11.9. The van der Waals surface area contributed by atoms with E-state index in [1.165, 1.54) is 89.5 Å². The predicted molar refractivity (Wildman–Crippen MR) is 88.8 cm³/mol. The molecule has 1 heterocycles. The van der Waals surface area contributed by atoms with Crippen molar-refractivity contribution in [2.45, 2.75) is 102 Å². The molecule has 1 aliphatic rings. The highest BCUT2D eigenvalue weighted by atomic mass is 28.2. The highest BCUT2D eigenvalue weighted by molar-refractivity contribution is 6.37. The molecule has 1 atom stereocenters. The molecule has 19 heavy (non-hydrogen) atoms. The number of unbranched alkanes of at least 4 members (excludes halogenated alkanes) is 9. The molecule has 1 rings (SSSR count). The lowest BCUT2D eigenvalue weighted by Crippen LogP contribution is -2.25. The van der Waals surface area contributed by atoms with E-state index in [2.05, 4.69) is 6.92 Å². The lowest BCUT2D eigenvalue weighted by Gasteiger charge is -2.22. The summed E-state index contributed by atoms with van der Waals surface area (Å²) in [5.41, 5.74) is 0.743. The van der Waals surface area contributed by atoms with Crippen LogP contribution in [-0.2, 0) is 4.74 Å².